The Bertz CT molecular complexity index is 832. The van der Waals surface area contributed by atoms with Crippen LogP contribution in [0.15, 0.2) is 83.8 Å². The van der Waals surface area contributed by atoms with Crippen LogP contribution in [-0.2, 0) is 4.79 Å². The van der Waals surface area contributed by atoms with Crippen LogP contribution in [0.2, 0.25) is 0 Å². The predicted molar refractivity (Wildman–Crippen MR) is 103 cm³/mol. The lowest BCUT2D eigenvalue weighted by Gasteiger charge is -2.12. The molecule has 1 amide bonds. The van der Waals surface area contributed by atoms with Gasteiger partial charge in [-0.2, -0.15) is 0 Å². The van der Waals surface area contributed by atoms with E-state index in [0.717, 1.165) is 10.6 Å². The predicted octanol–water partition coefficient (Wildman–Crippen LogP) is 5.52. The zero-order valence-electron chi connectivity index (χ0n) is 13.9. The van der Waals surface area contributed by atoms with Gasteiger partial charge >= 0.3 is 0 Å². The normalized spacial score (nSPS) is 10.3. The van der Waals surface area contributed by atoms with Crippen LogP contribution in [0.3, 0.4) is 0 Å². The first-order chi connectivity index (χ1) is 12.2. The second kappa shape index (κ2) is 8.40. The lowest BCUT2D eigenvalue weighted by atomic mass is 10.2. The molecule has 3 aromatic carbocycles. The van der Waals surface area contributed by atoms with E-state index in [0.29, 0.717) is 17.2 Å². The van der Waals surface area contributed by atoms with E-state index < -0.39 is 0 Å². The number of aryl methyl sites for hydroxylation is 1. The van der Waals surface area contributed by atoms with E-state index in [1.165, 1.54) is 17.3 Å². The molecule has 0 radical (unpaired) electrons. The summed E-state index contributed by atoms with van der Waals surface area (Å²) in [6.07, 6.45) is 0. The molecule has 0 aliphatic heterocycles. The van der Waals surface area contributed by atoms with Gasteiger partial charge in [0.2, 0.25) is 5.91 Å². The van der Waals surface area contributed by atoms with Gasteiger partial charge in [-0.05, 0) is 43.3 Å². The minimum Gasteiger partial charge on any atom is -0.455 e. The zero-order chi connectivity index (χ0) is 17.5. The van der Waals surface area contributed by atoms with E-state index in [-0.39, 0.29) is 5.91 Å². The van der Waals surface area contributed by atoms with Crippen LogP contribution in [0.1, 0.15) is 5.56 Å². The van der Waals surface area contributed by atoms with Gasteiger partial charge in [0.25, 0.3) is 0 Å². The number of hydrogen-bond donors (Lipinski definition) is 1. The van der Waals surface area contributed by atoms with Gasteiger partial charge in [-0.25, -0.2) is 0 Å². The largest absolute Gasteiger partial charge is 0.455 e. The molecule has 0 spiro atoms. The van der Waals surface area contributed by atoms with Crippen molar-refractivity contribution in [1.82, 2.24) is 0 Å². The third kappa shape index (κ3) is 5.13. The second-order valence-electron chi connectivity index (χ2n) is 5.56. The fraction of sp³-hybridized carbons (Fsp3) is 0.0952. The van der Waals surface area contributed by atoms with Crippen molar-refractivity contribution in [2.24, 2.45) is 0 Å². The molecule has 0 fully saturated rings. The third-order valence-electron chi connectivity index (χ3n) is 3.52. The molecule has 0 aliphatic carbocycles. The molecule has 0 aliphatic rings. The fourth-order valence-corrected chi connectivity index (χ4v) is 2.94. The first-order valence-electron chi connectivity index (χ1n) is 8.02. The Hall–Kier alpha value is -2.72. The number of para-hydroxylation sites is 3. The molecule has 126 valence electrons. The molecule has 1 N–H and O–H groups in total. The third-order valence-corrected chi connectivity index (χ3v) is 4.54. The van der Waals surface area contributed by atoms with Gasteiger partial charge in [-0.1, -0.05) is 48.0 Å². The summed E-state index contributed by atoms with van der Waals surface area (Å²) >= 11 is 1.51. The zero-order valence-corrected chi connectivity index (χ0v) is 14.8. The van der Waals surface area contributed by atoms with Gasteiger partial charge in [0, 0.05) is 4.90 Å². The van der Waals surface area contributed by atoms with Gasteiger partial charge in [-0.3, -0.25) is 4.79 Å². The van der Waals surface area contributed by atoms with Crippen LogP contribution >= 0.6 is 11.8 Å². The fourth-order valence-electron chi connectivity index (χ4n) is 2.24. The van der Waals surface area contributed by atoms with Crippen molar-refractivity contribution in [2.75, 3.05) is 11.1 Å². The Balaban J connectivity index is 1.62. The Morgan fingerprint density at radius 3 is 2.36 bits per heavy atom. The molecule has 0 aromatic heterocycles. The molecule has 0 atom stereocenters. The van der Waals surface area contributed by atoms with Crippen molar-refractivity contribution in [3.8, 4) is 11.5 Å². The smallest absolute Gasteiger partial charge is 0.234 e. The number of anilines is 1. The van der Waals surface area contributed by atoms with Crippen molar-refractivity contribution >= 4 is 23.4 Å². The number of hydrogen-bond acceptors (Lipinski definition) is 3. The minimum atomic E-state index is -0.0605. The first-order valence-corrected chi connectivity index (χ1v) is 9.00. The summed E-state index contributed by atoms with van der Waals surface area (Å²) in [7, 11) is 0. The van der Waals surface area contributed by atoms with Crippen LogP contribution in [-0.4, -0.2) is 11.7 Å². The number of thioether (sulfide) groups is 1. The summed E-state index contributed by atoms with van der Waals surface area (Å²) in [6.45, 7) is 2.05. The molecule has 0 bridgehead atoms. The molecular formula is C21H19NO2S. The highest BCUT2D eigenvalue weighted by Gasteiger charge is 2.09. The monoisotopic (exact) mass is 349 g/mol. The van der Waals surface area contributed by atoms with Crippen molar-refractivity contribution < 1.29 is 9.53 Å². The summed E-state index contributed by atoms with van der Waals surface area (Å²) in [5.41, 5.74) is 1.88. The van der Waals surface area contributed by atoms with Crippen LogP contribution in [0.5, 0.6) is 11.5 Å². The maximum Gasteiger partial charge on any atom is 0.234 e. The van der Waals surface area contributed by atoms with Crippen LogP contribution in [0.25, 0.3) is 0 Å². The SMILES string of the molecule is Cc1ccc(SCC(=O)Nc2ccccc2Oc2ccccc2)cc1. The molecule has 0 saturated carbocycles. The maximum atomic E-state index is 12.3. The minimum absolute atomic E-state index is 0.0605. The first kappa shape index (κ1) is 17.1. The van der Waals surface area contributed by atoms with Gasteiger partial charge in [-0.15, -0.1) is 11.8 Å². The summed E-state index contributed by atoms with van der Waals surface area (Å²) in [5, 5.41) is 2.93. The van der Waals surface area contributed by atoms with E-state index in [1.807, 2.05) is 85.8 Å². The van der Waals surface area contributed by atoms with Crippen LogP contribution < -0.4 is 10.1 Å². The maximum absolute atomic E-state index is 12.3. The summed E-state index contributed by atoms with van der Waals surface area (Å²) < 4.78 is 5.86. The van der Waals surface area contributed by atoms with E-state index in [2.05, 4.69) is 5.32 Å². The van der Waals surface area contributed by atoms with E-state index in [4.69, 9.17) is 4.74 Å². The van der Waals surface area contributed by atoms with E-state index in [9.17, 15) is 4.79 Å². The second-order valence-corrected chi connectivity index (χ2v) is 6.61. The van der Waals surface area contributed by atoms with Crippen LogP contribution in [0.4, 0.5) is 5.69 Å². The standard InChI is InChI=1S/C21H19NO2S/c1-16-11-13-18(14-12-16)25-15-21(23)22-19-9-5-6-10-20(19)24-17-7-3-2-4-8-17/h2-14H,15H2,1H3,(H,22,23). The molecule has 25 heavy (non-hydrogen) atoms. The summed E-state index contributed by atoms with van der Waals surface area (Å²) in [5.74, 6) is 1.65. The summed E-state index contributed by atoms with van der Waals surface area (Å²) in [4.78, 5) is 13.3. The molecule has 3 rings (SSSR count). The number of nitrogens with one attached hydrogen (secondary N) is 1. The number of ether oxygens (including phenoxy) is 1. The molecular weight excluding hydrogens is 330 g/mol. The molecule has 3 nitrogen and oxygen atoms in total. The topological polar surface area (TPSA) is 38.3 Å². The lowest BCUT2D eigenvalue weighted by Crippen LogP contribution is -2.14. The van der Waals surface area contributed by atoms with E-state index >= 15 is 0 Å². The average Bonchev–Trinajstić information content (AvgIpc) is 2.64. The van der Waals surface area contributed by atoms with Crippen molar-refractivity contribution in [1.29, 1.82) is 0 Å². The number of amides is 1. The highest BCUT2D eigenvalue weighted by molar-refractivity contribution is 8.00. The highest BCUT2D eigenvalue weighted by Crippen LogP contribution is 2.29. The lowest BCUT2D eigenvalue weighted by molar-refractivity contribution is -0.113. The van der Waals surface area contributed by atoms with Crippen molar-refractivity contribution in [3.63, 3.8) is 0 Å². The average molecular weight is 349 g/mol. The quantitative estimate of drug-likeness (QED) is 0.596. The number of carbonyl (C=O) groups excluding carboxylic acids is 1. The van der Waals surface area contributed by atoms with Crippen molar-refractivity contribution in [3.05, 3.63) is 84.4 Å². The molecule has 0 saturated heterocycles. The number of carbonyl (C=O) groups is 1. The van der Waals surface area contributed by atoms with Gasteiger partial charge in [0.1, 0.15) is 5.75 Å². The van der Waals surface area contributed by atoms with Crippen molar-refractivity contribution in [2.45, 2.75) is 11.8 Å². The van der Waals surface area contributed by atoms with E-state index in [1.54, 1.807) is 0 Å². The Kier molecular flexibility index (Phi) is 5.75. The summed E-state index contributed by atoms with van der Waals surface area (Å²) in [6, 6.07) is 25.1. The number of benzene rings is 3. The highest BCUT2D eigenvalue weighted by atomic mass is 32.2. The molecule has 0 unspecified atom stereocenters. The molecule has 0 heterocycles. The van der Waals surface area contributed by atoms with Gasteiger partial charge in [0.15, 0.2) is 5.75 Å². The number of rotatable bonds is 6. The molecule has 3 aromatic rings. The Labute approximate surface area is 152 Å². The Morgan fingerprint density at radius 2 is 1.60 bits per heavy atom. The van der Waals surface area contributed by atoms with Gasteiger partial charge in [0.05, 0.1) is 11.4 Å². The Morgan fingerprint density at radius 1 is 0.920 bits per heavy atom. The van der Waals surface area contributed by atoms with Gasteiger partial charge < -0.3 is 10.1 Å². The molecule has 4 heteroatoms. The van der Waals surface area contributed by atoms with Crippen LogP contribution in [0, 0.1) is 6.92 Å².